The van der Waals surface area contributed by atoms with Crippen molar-refractivity contribution in [3.05, 3.63) is 35.6 Å². The quantitative estimate of drug-likeness (QED) is 0.821. The van der Waals surface area contributed by atoms with Crippen molar-refractivity contribution in [2.45, 2.75) is 23.8 Å². The zero-order chi connectivity index (χ0) is 12.3. The highest BCUT2D eigenvalue weighted by Crippen LogP contribution is 2.35. The molecular formula is C11H13FN4S. The molecular weight excluding hydrogens is 239 g/mol. The first kappa shape index (κ1) is 11.9. The third-order valence-corrected chi connectivity index (χ3v) is 3.63. The Balaban J connectivity index is 2.13. The number of nitrogens with two attached hydrogens (primary N) is 1. The standard InChI is InChI=1S/C11H13FN4S/c1-2-9(7-3-5-8(12)6-4-7)17-11-14-10(13)15-16-11/h3-6,9H,2H2,1H3,(H3,13,14,15,16)/t9-/m1/s1. The number of aromatic nitrogens is 3. The first-order valence-corrected chi connectivity index (χ1v) is 6.17. The number of rotatable bonds is 4. The summed E-state index contributed by atoms with van der Waals surface area (Å²) in [5, 5.41) is 7.38. The summed E-state index contributed by atoms with van der Waals surface area (Å²) in [5.74, 6) is 0.0807. The maximum Gasteiger partial charge on any atom is 0.216 e. The molecule has 6 heteroatoms. The molecule has 0 spiro atoms. The smallest absolute Gasteiger partial charge is 0.216 e. The van der Waals surface area contributed by atoms with E-state index in [0.29, 0.717) is 11.1 Å². The summed E-state index contributed by atoms with van der Waals surface area (Å²) in [6, 6.07) is 6.49. The lowest BCUT2D eigenvalue weighted by molar-refractivity contribution is 0.626. The molecule has 0 aliphatic carbocycles. The molecule has 0 saturated carbocycles. The molecule has 90 valence electrons. The molecule has 0 aliphatic rings. The van der Waals surface area contributed by atoms with Crippen LogP contribution in [0.3, 0.4) is 0 Å². The minimum Gasteiger partial charge on any atom is -0.368 e. The van der Waals surface area contributed by atoms with Crippen LogP contribution < -0.4 is 5.73 Å². The van der Waals surface area contributed by atoms with Crippen LogP contribution in [0.25, 0.3) is 0 Å². The molecule has 1 atom stereocenters. The normalized spacial score (nSPS) is 12.6. The fourth-order valence-electron chi connectivity index (χ4n) is 1.50. The summed E-state index contributed by atoms with van der Waals surface area (Å²) in [7, 11) is 0. The average Bonchev–Trinajstić information content (AvgIpc) is 2.73. The van der Waals surface area contributed by atoms with Crippen molar-refractivity contribution in [1.29, 1.82) is 0 Å². The van der Waals surface area contributed by atoms with Gasteiger partial charge in [0.05, 0.1) is 0 Å². The third-order valence-electron chi connectivity index (χ3n) is 2.34. The highest BCUT2D eigenvalue weighted by Gasteiger charge is 2.13. The molecule has 0 fully saturated rings. The van der Waals surface area contributed by atoms with Crippen LogP contribution in [0.15, 0.2) is 29.4 Å². The summed E-state index contributed by atoms with van der Waals surface area (Å²) < 4.78 is 12.8. The third kappa shape index (κ3) is 2.97. The van der Waals surface area contributed by atoms with E-state index >= 15 is 0 Å². The predicted octanol–water partition coefficient (Wildman–Crippen LogP) is 2.77. The van der Waals surface area contributed by atoms with E-state index < -0.39 is 0 Å². The van der Waals surface area contributed by atoms with Crippen LogP contribution in [0.5, 0.6) is 0 Å². The van der Waals surface area contributed by atoms with Crippen molar-refractivity contribution < 1.29 is 4.39 Å². The van der Waals surface area contributed by atoms with E-state index in [2.05, 4.69) is 22.1 Å². The average molecular weight is 252 g/mol. The Morgan fingerprint density at radius 1 is 1.41 bits per heavy atom. The molecule has 0 unspecified atom stereocenters. The van der Waals surface area contributed by atoms with E-state index in [9.17, 15) is 4.39 Å². The number of nitrogen functional groups attached to an aromatic ring is 1. The fourth-order valence-corrected chi connectivity index (χ4v) is 2.47. The van der Waals surface area contributed by atoms with Gasteiger partial charge in [-0.2, -0.15) is 4.98 Å². The molecule has 4 nitrogen and oxygen atoms in total. The maximum absolute atomic E-state index is 12.8. The van der Waals surface area contributed by atoms with Crippen LogP contribution in [-0.2, 0) is 0 Å². The molecule has 0 saturated heterocycles. The maximum atomic E-state index is 12.8. The van der Waals surface area contributed by atoms with Gasteiger partial charge in [-0.05, 0) is 24.1 Å². The van der Waals surface area contributed by atoms with Gasteiger partial charge in [-0.1, -0.05) is 30.8 Å². The zero-order valence-corrected chi connectivity index (χ0v) is 10.2. The topological polar surface area (TPSA) is 67.6 Å². The number of hydrogen-bond donors (Lipinski definition) is 2. The second-order valence-corrected chi connectivity index (χ2v) is 4.74. The molecule has 3 N–H and O–H groups in total. The summed E-state index contributed by atoms with van der Waals surface area (Å²) in [6.45, 7) is 2.07. The molecule has 0 radical (unpaired) electrons. The summed E-state index contributed by atoms with van der Waals surface area (Å²) in [6.07, 6.45) is 0.907. The number of halogens is 1. The van der Waals surface area contributed by atoms with E-state index in [0.717, 1.165) is 12.0 Å². The Morgan fingerprint density at radius 2 is 2.12 bits per heavy atom. The summed E-state index contributed by atoms with van der Waals surface area (Å²) >= 11 is 1.51. The van der Waals surface area contributed by atoms with E-state index in [1.165, 1.54) is 23.9 Å². The number of nitrogens with zero attached hydrogens (tertiary/aromatic N) is 2. The van der Waals surface area contributed by atoms with Crippen LogP contribution in [0, 0.1) is 5.82 Å². The first-order chi connectivity index (χ1) is 8.19. The molecule has 0 amide bonds. The number of anilines is 1. The predicted molar refractivity (Wildman–Crippen MR) is 66.1 cm³/mol. The number of H-pyrrole nitrogens is 1. The van der Waals surface area contributed by atoms with Gasteiger partial charge >= 0.3 is 0 Å². The highest BCUT2D eigenvalue weighted by molar-refractivity contribution is 7.99. The van der Waals surface area contributed by atoms with Gasteiger partial charge in [0.2, 0.25) is 11.1 Å². The van der Waals surface area contributed by atoms with Gasteiger partial charge in [-0.15, -0.1) is 5.10 Å². The minimum absolute atomic E-state index is 0.200. The van der Waals surface area contributed by atoms with Gasteiger partial charge in [-0.25, -0.2) is 9.49 Å². The van der Waals surface area contributed by atoms with Gasteiger partial charge in [0.25, 0.3) is 0 Å². The molecule has 1 aromatic carbocycles. The van der Waals surface area contributed by atoms with Crippen LogP contribution >= 0.6 is 11.8 Å². The Labute approximate surface area is 103 Å². The van der Waals surface area contributed by atoms with E-state index in [1.54, 1.807) is 12.1 Å². The SMILES string of the molecule is CC[C@@H](Sc1n[nH]c(N)n1)c1ccc(F)cc1. The van der Waals surface area contributed by atoms with E-state index in [-0.39, 0.29) is 11.1 Å². The highest BCUT2D eigenvalue weighted by atomic mass is 32.2. The number of benzene rings is 1. The van der Waals surface area contributed by atoms with Crippen LogP contribution in [0.4, 0.5) is 10.3 Å². The molecule has 2 aromatic rings. The second kappa shape index (κ2) is 5.18. The molecule has 1 aromatic heterocycles. The first-order valence-electron chi connectivity index (χ1n) is 5.29. The molecule has 0 aliphatic heterocycles. The van der Waals surface area contributed by atoms with Crippen LogP contribution in [0.2, 0.25) is 0 Å². The Hall–Kier alpha value is -1.56. The Kier molecular flexibility index (Phi) is 3.63. The second-order valence-electron chi connectivity index (χ2n) is 3.57. The summed E-state index contributed by atoms with van der Waals surface area (Å²) in [4.78, 5) is 4.04. The number of nitrogens with one attached hydrogen (secondary N) is 1. The van der Waals surface area contributed by atoms with Crippen LogP contribution in [-0.4, -0.2) is 15.2 Å². The van der Waals surface area contributed by atoms with Gasteiger partial charge in [0.1, 0.15) is 5.82 Å². The lowest BCUT2D eigenvalue weighted by atomic mass is 10.1. The fraction of sp³-hybridized carbons (Fsp3) is 0.273. The number of aromatic amines is 1. The van der Waals surface area contributed by atoms with E-state index in [1.807, 2.05) is 0 Å². The van der Waals surface area contributed by atoms with Gasteiger partial charge in [0.15, 0.2) is 0 Å². The van der Waals surface area contributed by atoms with Crippen molar-refractivity contribution in [2.75, 3.05) is 5.73 Å². The number of thioether (sulfide) groups is 1. The Morgan fingerprint density at radius 3 is 2.65 bits per heavy atom. The molecule has 2 rings (SSSR count). The van der Waals surface area contributed by atoms with Crippen molar-refractivity contribution >= 4 is 17.7 Å². The zero-order valence-electron chi connectivity index (χ0n) is 9.35. The van der Waals surface area contributed by atoms with Crippen molar-refractivity contribution in [1.82, 2.24) is 15.2 Å². The number of hydrogen-bond acceptors (Lipinski definition) is 4. The molecule has 17 heavy (non-hydrogen) atoms. The largest absolute Gasteiger partial charge is 0.368 e. The minimum atomic E-state index is -0.226. The Bertz CT molecular complexity index is 482. The lowest BCUT2D eigenvalue weighted by Crippen LogP contribution is -1.93. The van der Waals surface area contributed by atoms with Crippen molar-refractivity contribution in [2.24, 2.45) is 0 Å². The van der Waals surface area contributed by atoms with Crippen molar-refractivity contribution in [3.63, 3.8) is 0 Å². The van der Waals surface area contributed by atoms with Crippen molar-refractivity contribution in [3.8, 4) is 0 Å². The van der Waals surface area contributed by atoms with Gasteiger partial charge in [-0.3, -0.25) is 0 Å². The monoisotopic (exact) mass is 252 g/mol. The molecule has 1 heterocycles. The van der Waals surface area contributed by atoms with Gasteiger partial charge in [0, 0.05) is 5.25 Å². The van der Waals surface area contributed by atoms with Gasteiger partial charge < -0.3 is 5.73 Å². The summed E-state index contributed by atoms with van der Waals surface area (Å²) in [5.41, 5.74) is 6.52. The van der Waals surface area contributed by atoms with Crippen LogP contribution in [0.1, 0.15) is 24.2 Å². The molecule has 0 bridgehead atoms. The lowest BCUT2D eigenvalue weighted by Gasteiger charge is -2.12. The van der Waals surface area contributed by atoms with E-state index in [4.69, 9.17) is 5.73 Å².